The van der Waals surface area contributed by atoms with E-state index in [4.69, 9.17) is 0 Å². The molecule has 20 heavy (non-hydrogen) atoms. The molecule has 0 aromatic heterocycles. The van der Waals surface area contributed by atoms with E-state index in [-0.39, 0.29) is 0 Å². The first-order valence-electron chi connectivity index (χ1n) is 8.51. The van der Waals surface area contributed by atoms with Gasteiger partial charge in [0.25, 0.3) is 0 Å². The molecule has 0 atom stereocenters. The van der Waals surface area contributed by atoms with E-state index in [2.05, 4.69) is 50.4 Å². The highest BCUT2D eigenvalue weighted by atomic mass is 14.8. The summed E-state index contributed by atoms with van der Waals surface area (Å²) >= 11 is 0. The quantitative estimate of drug-likeness (QED) is 0.538. The lowest BCUT2D eigenvalue weighted by atomic mass is 10.0. The fraction of sp³-hybridized carbons (Fsp3) is 0.684. The molecule has 0 saturated heterocycles. The molecule has 1 nitrogen and oxygen atoms in total. The number of unbranched alkanes of at least 4 members (excludes halogenated alkanes) is 5. The summed E-state index contributed by atoms with van der Waals surface area (Å²) in [6.07, 6.45) is 9.43. The zero-order chi connectivity index (χ0) is 14.6. The third-order valence-electron chi connectivity index (χ3n) is 3.70. The van der Waals surface area contributed by atoms with Gasteiger partial charge in [-0.25, -0.2) is 0 Å². The van der Waals surface area contributed by atoms with E-state index < -0.39 is 0 Å². The number of hydrogen-bond acceptors (Lipinski definition) is 1. The van der Waals surface area contributed by atoms with Gasteiger partial charge < -0.3 is 5.32 Å². The third-order valence-corrected chi connectivity index (χ3v) is 3.70. The van der Waals surface area contributed by atoms with Crippen molar-refractivity contribution >= 4 is 0 Å². The summed E-state index contributed by atoms with van der Waals surface area (Å²) in [6, 6.07) is 9.10. The molecule has 0 aliphatic carbocycles. The topological polar surface area (TPSA) is 12.0 Å². The molecular formula is C19H33N. The first kappa shape index (κ1) is 17.2. The predicted molar refractivity (Wildman–Crippen MR) is 90.1 cm³/mol. The molecule has 1 aromatic carbocycles. The maximum absolute atomic E-state index is 3.55. The van der Waals surface area contributed by atoms with Crippen LogP contribution in [0.1, 0.15) is 70.4 Å². The van der Waals surface area contributed by atoms with Crippen molar-refractivity contribution in [3.63, 3.8) is 0 Å². The van der Waals surface area contributed by atoms with Crippen molar-refractivity contribution in [2.75, 3.05) is 6.54 Å². The Kier molecular flexibility index (Phi) is 9.40. The Morgan fingerprint density at radius 3 is 2.10 bits per heavy atom. The summed E-state index contributed by atoms with van der Waals surface area (Å²) in [5.41, 5.74) is 2.86. The second-order valence-electron chi connectivity index (χ2n) is 6.36. The molecule has 1 heteroatoms. The van der Waals surface area contributed by atoms with Crippen LogP contribution in [0.5, 0.6) is 0 Å². The Morgan fingerprint density at radius 2 is 1.45 bits per heavy atom. The number of benzene rings is 1. The maximum Gasteiger partial charge on any atom is 0.0205 e. The van der Waals surface area contributed by atoms with Crippen molar-refractivity contribution in [1.29, 1.82) is 0 Å². The zero-order valence-electron chi connectivity index (χ0n) is 13.8. The molecule has 0 spiro atoms. The van der Waals surface area contributed by atoms with Gasteiger partial charge in [0.1, 0.15) is 0 Å². The van der Waals surface area contributed by atoms with Crippen LogP contribution in [0.15, 0.2) is 24.3 Å². The molecule has 1 aromatic rings. The lowest BCUT2D eigenvalue weighted by Gasteiger charge is -2.08. The first-order valence-corrected chi connectivity index (χ1v) is 8.51. The highest BCUT2D eigenvalue weighted by Crippen LogP contribution is 2.10. The van der Waals surface area contributed by atoms with Gasteiger partial charge >= 0.3 is 0 Å². The largest absolute Gasteiger partial charge is 0.313 e. The minimum absolute atomic E-state index is 0.742. The lowest BCUT2D eigenvalue weighted by molar-refractivity contribution is 0.572. The second kappa shape index (κ2) is 10.9. The molecule has 0 fully saturated rings. The van der Waals surface area contributed by atoms with Gasteiger partial charge in [-0.2, -0.15) is 0 Å². The van der Waals surface area contributed by atoms with Crippen LogP contribution in [-0.2, 0) is 13.0 Å². The molecule has 114 valence electrons. The monoisotopic (exact) mass is 275 g/mol. The van der Waals surface area contributed by atoms with Gasteiger partial charge in [-0.1, -0.05) is 77.1 Å². The highest BCUT2D eigenvalue weighted by Gasteiger charge is 1.98. The minimum atomic E-state index is 0.742. The molecule has 0 aliphatic rings. The molecule has 0 radical (unpaired) electrons. The minimum Gasteiger partial charge on any atom is -0.313 e. The smallest absolute Gasteiger partial charge is 0.0205 e. The Labute approximate surface area is 126 Å². The fourth-order valence-corrected chi connectivity index (χ4v) is 2.53. The molecule has 0 amide bonds. The van der Waals surface area contributed by atoms with Crippen LogP contribution in [0.25, 0.3) is 0 Å². The summed E-state index contributed by atoms with van der Waals surface area (Å²) < 4.78 is 0. The Bertz CT molecular complexity index is 326. The van der Waals surface area contributed by atoms with E-state index in [9.17, 15) is 0 Å². The molecule has 1 N–H and O–H groups in total. The lowest BCUT2D eigenvalue weighted by Crippen LogP contribution is -2.14. The number of rotatable bonds is 11. The summed E-state index contributed by atoms with van der Waals surface area (Å²) in [7, 11) is 0. The van der Waals surface area contributed by atoms with E-state index in [0.29, 0.717) is 0 Å². The third kappa shape index (κ3) is 8.37. The van der Waals surface area contributed by atoms with E-state index in [1.165, 1.54) is 56.1 Å². The van der Waals surface area contributed by atoms with Gasteiger partial charge in [0.2, 0.25) is 0 Å². The molecule has 0 aliphatic heterocycles. The van der Waals surface area contributed by atoms with Crippen molar-refractivity contribution < 1.29 is 0 Å². The molecule has 0 unspecified atom stereocenters. The van der Waals surface area contributed by atoms with Gasteiger partial charge in [-0.15, -0.1) is 0 Å². The van der Waals surface area contributed by atoms with Gasteiger partial charge in [0, 0.05) is 6.54 Å². The van der Waals surface area contributed by atoms with Gasteiger partial charge in [-0.05, 0) is 36.4 Å². The Hall–Kier alpha value is -0.820. The summed E-state index contributed by atoms with van der Waals surface area (Å²) in [6.45, 7) is 8.98. The second-order valence-corrected chi connectivity index (χ2v) is 6.36. The first-order chi connectivity index (χ1) is 9.72. The van der Waals surface area contributed by atoms with Crippen LogP contribution in [0, 0.1) is 5.92 Å². The van der Waals surface area contributed by atoms with E-state index in [1.54, 1.807) is 0 Å². The highest BCUT2D eigenvalue weighted by molar-refractivity contribution is 5.22. The predicted octanol–water partition coefficient (Wildman–Crippen LogP) is 5.34. The average Bonchev–Trinajstić information content (AvgIpc) is 2.43. The summed E-state index contributed by atoms with van der Waals surface area (Å²) in [5.74, 6) is 0.742. The molecule has 0 saturated carbocycles. The maximum atomic E-state index is 3.55. The van der Waals surface area contributed by atoms with Crippen LogP contribution >= 0.6 is 0 Å². The van der Waals surface area contributed by atoms with Crippen molar-refractivity contribution in [3.8, 4) is 0 Å². The fourth-order valence-electron chi connectivity index (χ4n) is 2.53. The molecule has 1 rings (SSSR count). The van der Waals surface area contributed by atoms with Crippen molar-refractivity contribution in [2.24, 2.45) is 5.92 Å². The van der Waals surface area contributed by atoms with Gasteiger partial charge in [0.05, 0.1) is 0 Å². The average molecular weight is 275 g/mol. The van der Waals surface area contributed by atoms with E-state index >= 15 is 0 Å². The van der Waals surface area contributed by atoms with Crippen molar-refractivity contribution in [2.45, 2.75) is 72.3 Å². The Morgan fingerprint density at radius 1 is 0.850 bits per heavy atom. The summed E-state index contributed by atoms with van der Waals surface area (Å²) in [5, 5.41) is 3.55. The molecule has 0 heterocycles. The van der Waals surface area contributed by atoms with Crippen LogP contribution in [-0.4, -0.2) is 6.54 Å². The standard InChI is InChI=1S/C19H33N/c1-4-5-6-7-8-9-14-20-16-19-12-10-18(11-13-19)15-17(2)3/h10-13,17,20H,4-9,14-16H2,1-3H3. The van der Waals surface area contributed by atoms with Crippen molar-refractivity contribution in [1.82, 2.24) is 5.32 Å². The number of nitrogens with one attached hydrogen (secondary N) is 1. The van der Waals surface area contributed by atoms with Gasteiger partial charge in [-0.3, -0.25) is 0 Å². The van der Waals surface area contributed by atoms with E-state index in [0.717, 1.165) is 19.0 Å². The SMILES string of the molecule is CCCCCCCCNCc1ccc(CC(C)C)cc1. The molecule has 0 bridgehead atoms. The van der Waals surface area contributed by atoms with Crippen molar-refractivity contribution in [3.05, 3.63) is 35.4 Å². The normalized spacial score (nSPS) is 11.2. The zero-order valence-corrected chi connectivity index (χ0v) is 13.8. The molecular weight excluding hydrogens is 242 g/mol. The number of hydrogen-bond donors (Lipinski definition) is 1. The van der Waals surface area contributed by atoms with Crippen LogP contribution in [0.2, 0.25) is 0 Å². The summed E-state index contributed by atoms with van der Waals surface area (Å²) in [4.78, 5) is 0. The van der Waals surface area contributed by atoms with E-state index in [1.807, 2.05) is 0 Å². The van der Waals surface area contributed by atoms with Gasteiger partial charge in [0.15, 0.2) is 0 Å². The Balaban J connectivity index is 2.07. The van der Waals surface area contributed by atoms with Crippen LogP contribution < -0.4 is 5.32 Å². The van der Waals surface area contributed by atoms with Crippen LogP contribution in [0.3, 0.4) is 0 Å². The van der Waals surface area contributed by atoms with Crippen LogP contribution in [0.4, 0.5) is 0 Å².